The molecule has 130 valence electrons. The lowest BCUT2D eigenvalue weighted by Crippen LogP contribution is -2.06. The van der Waals surface area contributed by atoms with Gasteiger partial charge in [-0.3, -0.25) is 4.79 Å². The third-order valence-electron chi connectivity index (χ3n) is 4.34. The van der Waals surface area contributed by atoms with E-state index in [2.05, 4.69) is 0 Å². The molecule has 0 spiro atoms. The van der Waals surface area contributed by atoms with Crippen LogP contribution in [0.25, 0.3) is 0 Å². The van der Waals surface area contributed by atoms with E-state index in [4.69, 9.17) is 9.90 Å². The zero-order chi connectivity index (χ0) is 17.1. The summed E-state index contributed by atoms with van der Waals surface area (Å²) in [6.07, 6.45) is 11.2. The summed E-state index contributed by atoms with van der Waals surface area (Å²) in [6.45, 7) is 1.08. The summed E-state index contributed by atoms with van der Waals surface area (Å²) in [7, 11) is 0. The SMILES string of the molecule is CC(=O)O.Oc1ccc(C(O)CCCCC2CCCCC2)cc1. The monoisotopic (exact) mass is 322 g/mol. The highest BCUT2D eigenvalue weighted by atomic mass is 16.4. The number of hydrogen-bond acceptors (Lipinski definition) is 3. The molecule has 3 N–H and O–H groups in total. The van der Waals surface area contributed by atoms with Crippen LogP contribution >= 0.6 is 0 Å². The van der Waals surface area contributed by atoms with E-state index in [1.165, 1.54) is 44.9 Å². The first-order chi connectivity index (χ1) is 11.0. The van der Waals surface area contributed by atoms with Crippen molar-refractivity contribution in [3.05, 3.63) is 29.8 Å². The predicted octanol–water partition coefficient (Wildman–Crippen LogP) is 4.66. The minimum absolute atomic E-state index is 0.258. The van der Waals surface area contributed by atoms with E-state index < -0.39 is 5.97 Å². The molecule has 1 unspecified atom stereocenters. The van der Waals surface area contributed by atoms with Gasteiger partial charge in [-0.2, -0.15) is 0 Å². The van der Waals surface area contributed by atoms with Crippen molar-refractivity contribution in [3.8, 4) is 5.75 Å². The van der Waals surface area contributed by atoms with E-state index in [-0.39, 0.29) is 11.9 Å². The number of carboxylic acids is 1. The number of aromatic hydroxyl groups is 1. The average Bonchev–Trinajstić information content (AvgIpc) is 2.52. The number of phenols is 1. The maximum absolute atomic E-state index is 10.1. The van der Waals surface area contributed by atoms with Crippen molar-refractivity contribution >= 4 is 5.97 Å². The van der Waals surface area contributed by atoms with Crippen LogP contribution in [0.5, 0.6) is 5.75 Å². The molecule has 0 aliphatic heterocycles. The molecule has 1 aliphatic carbocycles. The molecule has 4 heteroatoms. The number of aliphatic hydroxyl groups is 1. The van der Waals surface area contributed by atoms with E-state index in [9.17, 15) is 10.2 Å². The molecule has 0 radical (unpaired) electrons. The first-order valence-corrected chi connectivity index (χ1v) is 8.65. The molecule has 1 atom stereocenters. The minimum atomic E-state index is -0.833. The highest BCUT2D eigenvalue weighted by molar-refractivity contribution is 5.62. The lowest BCUT2D eigenvalue weighted by molar-refractivity contribution is -0.134. The summed E-state index contributed by atoms with van der Waals surface area (Å²) < 4.78 is 0. The summed E-state index contributed by atoms with van der Waals surface area (Å²) >= 11 is 0. The van der Waals surface area contributed by atoms with Gasteiger partial charge in [0.15, 0.2) is 0 Å². The van der Waals surface area contributed by atoms with Crippen molar-refractivity contribution in [2.24, 2.45) is 5.92 Å². The van der Waals surface area contributed by atoms with Crippen molar-refractivity contribution < 1.29 is 20.1 Å². The molecule has 1 saturated carbocycles. The van der Waals surface area contributed by atoms with Gasteiger partial charge in [-0.25, -0.2) is 0 Å². The second kappa shape index (κ2) is 11.1. The standard InChI is InChI=1S/C17H26O2.C2H4O2/c18-16-12-10-15(11-13-16)17(19)9-5-4-8-14-6-2-1-3-7-14;1-2(3)4/h10-14,17-19H,1-9H2;1H3,(H,3,4). The Morgan fingerprint density at radius 2 is 1.70 bits per heavy atom. The lowest BCUT2D eigenvalue weighted by Gasteiger charge is -2.21. The summed E-state index contributed by atoms with van der Waals surface area (Å²) in [5, 5.41) is 26.7. The molecule has 1 aliphatic rings. The molecular formula is C19H30O4. The number of benzene rings is 1. The van der Waals surface area contributed by atoms with Gasteiger partial charge in [0, 0.05) is 6.92 Å². The molecule has 1 fully saturated rings. The number of carboxylic acid groups (broad SMARTS) is 1. The van der Waals surface area contributed by atoms with Crippen LogP contribution in [0.2, 0.25) is 0 Å². The summed E-state index contributed by atoms with van der Waals surface area (Å²) in [5.41, 5.74) is 0.912. The molecule has 0 amide bonds. The Balaban J connectivity index is 0.000000593. The number of rotatable bonds is 6. The highest BCUT2D eigenvalue weighted by Gasteiger charge is 2.13. The summed E-state index contributed by atoms with van der Waals surface area (Å²) in [4.78, 5) is 9.00. The molecule has 23 heavy (non-hydrogen) atoms. The number of hydrogen-bond donors (Lipinski definition) is 3. The fraction of sp³-hybridized carbons (Fsp3) is 0.632. The third-order valence-corrected chi connectivity index (χ3v) is 4.34. The van der Waals surface area contributed by atoms with Crippen LogP contribution in [0.15, 0.2) is 24.3 Å². The average molecular weight is 322 g/mol. The number of aliphatic hydroxyl groups excluding tert-OH is 1. The van der Waals surface area contributed by atoms with Crippen LogP contribution in [-0.2, 0) is 4.79 Å². The number of unbranched alkanes of at least 4 members (excludes halogenated alkanes) is 1. The Morgan fingerprint density at radius 1 is 1.13 bits per heavy atom. The van der Waals surface area contributed by atoms with E-state index in [0.717, 1.165) is 31.2 Å². The van der Waals surface area contributed by atoms with Crippen LogP contribution in [0.3, 0.4) is 0 Å². The summed E-state index contributed by atoms with van der Waals surface area (Å²) in [6, 6.07) is 6.89. The van der Waals surface area contributed by atoms with Crippen molar-refractivity contribution in [1.29, 1.82) is 0 Å². The first kappa shape index (κ1) is 19.5. The Bertz CT molecular complexity index is 431. The van der Waals surface area contributed by atoms with Gasteiger partial charge in [-0.15, -0.1) is 0 Å². The Labute approximate surface area is 139 Å². The van der Waals surface area contributed by atoms with Crippen LogP contribution < -0.4 is 0 Å². The smallest absolute Gasteiger partial charge is 0.300 e. The number of phenolic OH excluding ortho intramolecular Hbond substituents is 1. The van der Waals surface area contributed by atoms with Crippen molar-refractivity contribution in [2.45, 2.75) is 70.8 Å². The van der Waals surface area contributed by atoms with Crippen LogP contribution in [0.1, 0.15) is 76.4 Å². The van der Waals surface area contributed by atoms with Gasteiger partial charge in [-0.1, -0.05) is 63.5 Å². The first-order valence-electron chi connectivity index (χ1n) is 8.65. The quantitative estimate of drug-likeness (QED) is 0.666. The van der Waals surface area contributed by atoms with Crippen LogP contribution in [0, 0.1) is 5.92 Å². The van der Waals surface area contributed by atoms with Gasteiger partial charge >= 0.3 is 0 Å². The number of carbonyl (C=O) groups is 1. The van der Waals surface area contributed by atoms with E-state index >= 15 is 0 Å². The predicted molar refractivity (Wildman–Crippen MR) is 91.4 cm³/mol. The molecule has 2 rings (SSSR count). The van der Waals surface area contributed by atoms with Crippen molar-refractivity contribution in [1.82, 2.24) is 0 Å². The molecule has 0 aromatic heterocycles. The van der Waals surface area contributed by atoms with E-state index in [0.29, 0.717) is 0 Å². The lowest BCUT2D eigenvalue weighted by atomic mass is 9.85. The zero-order valence-electron chi connectivity index (χ0n) is 14.1. The second-order valence-electron chi connectivity index (χ2n) is 6.41. The van der Waals surface area contributed by atoms with Gasteiger partial charge in [0.05, 0.1) is 6.10 Å². The fourth-order valence-corrected chi connectivity index (χ4v) is 3.11. The molecule has 0 saturated heterocycles. The molecule has 1 aromatic rings. The van der Waals surface area contributed by atoms with Gasteiger partial charge in [0.25, 0.3) is 5.97 Å². The Morgan fingerprint density at radius 3 is 2.26 bits per heavy atom. The van der Waals surface area contributed by atoms with Gasteiger partial charge < -0.3 is 15.3 Å². The maximum Gasteiger partial charge on any atom is 0.300 e. The molecular weight excluding hydrogens is 292 g/mol. The second-order valence-corrected chi connectivity index (χ2v) is 6.41. The topological polar surface area (TPSA) is 77.8 Å². The zero-order valence-corrected chi connectivity index (χ0v) is 14.1. The van der Waals surface area contributed by atoms with Crippen molar-refractivity contribution in [2.75, 3.05) is 0 Å². The van der Waals surface area contributed by atoms with Gasteiger partial charge in [-0.05, 0) is 30.0 Å². The van der Waals surface area contributed by atoms with E-state index in [1.54, 1.807) is 24.3 Å². The van der Waals surface area contributed by atoms with Gasteiger partial charge in [0.2, 0.25) is 0 Å². The largest absolute Gasteiger partial charge is 0.508 e. The van der Waals surface area contributed by atoms with Crippen molar-refractivity contribution in [3.63, 3.8) is 0 Å². The highest BCUT2D eigenvalue weighted by Crippen LogP contribution is 2.29. The Hall–Kier alpha value is -1.55. The van der Waals surface area contributed by atoms with E-state index in [1.807, 2.05) is 0 Å². The number of aliphatic carboxylic acids is 1. The third kappa shape index (κ3) is 9.24. The fourth-order valence-electron chi connectivity index (χ4n) is 3.11. The minimum Gasteiger partial charge on any atom is -0.508 e. The molecule has 0 heterocycles. The molecule has 1 aromatic carbocycles. The normalized spacial score (nSPS) is 16.3. The van der Waals surface area contributed by atoms with Crippen LogP contribution in [-0.4, -0.2) is 21.3 Å². The Kier molecular flexibility index (Phi) is 9.37. The summed E-state index contributed by atoms with van der Waals surface area (Å²) in [5.74, 6) is 0.368. The molecule has 4 nitrogen and oxygen atoms in total. The molecule has 0 bridgehead atoms. The van der Waals surface area contributed by atoms with Crippen LogP contribution in [0.4, 0.5) is 0 Å². The van der Waals surface area contributed by atoms with Gasteiger partial charge in [0.1, 0.15) is 5.75 Å². The maximum atomic E-state index is 10.1.